The van der Waals surface area contributed by atoms with Crippen LogP contribution in [-0.4, -0.2) is 18.6 Å². The highest BCUT2D eigenvalue weighted by Gasteiger charge is 2.38. The predicted octanol–water partition coefficient (Wildman–Crippen LogP) is 3.58. The number of alkyl halides is 3. The van der Waals surface area contributed by atoms with Gasteiger partial charge in [-0.2, -0.15) is 13.2 Å². The van der Waals surface area contributed by atoms with Crippen molar-refractivity contribution in [1.82, 2.24) is 0 Å². The molecule has 1 saturated carbocycles. The van der Waals surface area contributed by atoms with Crippen LogP contribution >= 0.6 is 0 Å². The second-order valence-corrected chi connectivity index (χ2v) is 5.55. The Bertz CT molecular complexity index is 465. The van der Waals surface area contributed by atoms with E-state index in [1.807, 2.05) is 11.8 Å². The van der Waals surface area contributed by atoms with Crippen LogP contribution in [0.2, 0.25) is 0 Å². The first-order valence-corrected chi connectivity index (χ1v) is 7.05. The van der Waals surface area contributed by atoms with Crippen LogP contribution in [0.4, 0.5) is 18.9 Å². The van der Waals surface area contributed by atoms with Crippen LogP contribution in [0.3, 0.4) is 0 Å². The molecule has 1 aromatic carbocycles. The van der Waals surface area contributed by atoms with Gasteiger partial charge in [-0.1, -0.05) is 6.07 Å². The van der Waals surface area contributed by atoms with Gasteiger partial charge in [0.25, 0.3) is 0 Å². The summed E-state index contributed by atoms with van der Waals surface area (Å²) in [5.74, 6) is 0. The average Bonchev–Trinajstić information content (AvgIpc) is 3.14. The van der Waals surface area contributed by atoms with Crippen LogP contribution in [0.5, 0.6) is 0 Å². The van der Waals surface area contributed by atoms with Crippen molar-refractivity contribution >= 4 is 5.69 Å². The largest absolute Gasteiger partial charge is 0.418 e. The summed E-state index contributed by atoms with van der Waals surface area (Å²) in [4.78, 5) is 1.86. The van der Waals surface area contributed by atoms with E-state index < -0.39 is 11.7 Å². The normalized spacial score (nSPS) is 17.1. The lowest BCUT2D eigenvalue weighted by atomic mass is 10.0. The third-order valence-electron chi connectivity index (χ3n) is 3.56. The number of rotatable bonds is 5. The van der Waals surface area contributed by atoms with Crippen LogP contribution in [-0.2, 0) is 12.6 Å². The summed E-state index contributed by atoms with van der Waals surface area (Å²) in [7, 11) is 0. The van der Waals surface area contributed by atoms with Gasteiger partial charge in [-0.3, -0.25) is 0 Å². The van der Waals surface area contributed by atoms with Crippen molar-refractivity contribution in [3.63, 3.8) is 0 Å². The molecule has 0 bridgehead atoms. The van der Waals surface area contributed by atoms with Crippen molar-refractivity contribution in [1.29, 1.82) is 0 Å². The zero-order valence-electron chi connectivity index (χ0n) is 11.9. The Kier molecular flexibility index (Phi) is 4.28. The fourth-order valence-corrected chi connectivity index (χ4v) is 2.57. The lowest BCUT2D eigenvalue weighted by Gasteiger charge is -2.27. The number of nitrogens with zero attached hydrogens (tertiary/aromatic N) is 1. The van der Waals surface area contributed by atoms with Gasteiger partial charge < -0.3 is 10.6 Å². The third-order valence-corrected chi connectivity index (χ3v) is 3.56. The second-order valence-electron chi connectivity index (χ2n) is 5.55. The van der Waals surface area contributed by atoms with Crippen LogP contribution < -0.4 is 10.6 Å². The van der Waals surface area contributed by atoms with E-state index in [4.69, 9.17) is 5.73 Å². The SMILES string of the molecule is CCN(c1ccc(CC(C)N)cc1C(F)(F)F)C1CC1. The van der Waals surface area contributed by atoms with Crippen LogP contribution in [0.15, 0.2) is 18.2 Å². The molecule has 0 heterocycles. The van der Waals surface area contributed by atoms with Crippen molar-refractivity contribution in [2.24, 2.45) is 5.73 Å². The van der Waals surface area contributed by atoms with Gasteiger partial charge in [0.05, 0.1) is 5.56 Å². The molecule has 2 rings (SSSR count). The molecule has 0 aliphatic heterocycles. The molecule has 2 nitrogen and oxygen atoms in total. The minimum absolute atomic E-state index is 0.146. The number of halogens is 3. The first kappa shape index (κ1) is 15.2. The van der Waals surface area contributed by atoms with Crippen molar-refractivity contribution in [3.05, 3.63) is 29.3 Å². The van der Waals surface area contributed by atoms with E-state index in [1.54, 1.807) is 19.1 Å². The maximum absolute atomic E-state index is 13.3. The highest BCUT2D eigenvalue weighted by molar-refractivity contribution is 5.58. The zero-order valence-corrected chi connectivity index (χ0v) is 11.9. The summed E-state index contributed by atoms with van der Waals surface area (Å²) in [6.07, 6.45) is -1.91. The van der Waals surface area contributed by atoms with Crippen LogP contribution in [0.1, 0.15) is 37.8 Å². The first-order valence-electron chi connectivity index (χ1n) is 7.05. The molecule has 1 aromatic rings. The van der Waals surface area contributed by atoms with Gasteiger partial charge in [0, 0.05) is 24.3 Å². The van der Waals surface area contributed by atoms with E-state index in [-0.39, 0.29) is 12.1 Å². The molecule has 20 heavy (non-hydrogen) atoms. The van der Waals surface area contributed by atoms with Gasteiger partial charge in [0.15, 0.2) is 0 Å². The smallest absolute Gasteiger partial charge is 0.368 e. The summed E-state index contributed by atoms with van der Waals surface area (Å²) >= 11 is 0. The lowest BCUT2D eigenvalue weighted by molar-refractivity contribution is -0.137. The molecular formula is C15H21F3N2. The Morgan fingerprint density at radius 2 is 2.00 bits per heavy atom. The number of hydrogen-bond donors (Lipinski definition) is 1. The standard InChI is InChI=1S/C15H21F3N2/c1-3-20(12-5-6-12)14-7-4-11(8-10(2)19)9-13(14)15(16,17)18/h4,7,9-10,12H,3,5-6,8,19H2,1-2H3. The predicted molar refractivity (Wildman–Crippen MR) is 74.8 cm³/mol. The Hall–Kier alpha value is -1.23. The van der Waals surface area contributed by atoms with E-state index in [2.05, 4.69) is 0 Å². The maximum Gasteiger partial charge on any atom is 0.418 e. The summed E-state index contributed by atoms with van der Waals surface area (Å²) in [5, 5.41) is 0. The highest BCUT2D eigenvalue weighted by atomic mass is 19.4. The molecule has 2 N–H and O–H groups in total. The Morgan fingerprint density at radius 3 is 2.45 bits per heavy atom. The molecule has 112 valence electrons. The first-order chi connectivity index (χ1) is 9.32. The Morgan fingerprint density at radius 1 is 1.35 bits per heavy atom. The second kappa shape index (κ2) is 5.64. The summed E-state index contributed by atoms with van der Waals surface area (Å²) in [5.41, 5.74) is 6.08. The van der Waals surface area contributed by atoms with Gasteiger partial charge in [-0.15, -0.1) is 0 Å². The van der Waals surface area contributed by atoms with Gasteiger partial charge in [0.1, 0.15) is 0 Å². The molecule has 0 amide bonds. The molecule has 0 spiro atoms. The van der Waals surface area contributed by atoms with E-state index in [1.165, 1.54) is 6.07 Å². The molecule has 0 radical (unpaired) electrons. The fraction of sp³-hybridized carbons (Fsp3) is 0.600. The quantitative estimate of drug-likeness (QED) is 0.896. The van der Waals surface area contributed by atoms with Crippen molar-refractivity contribution in [3.8, 4) is 0 Å². The highest BCUT2D eigenvalue weighted by Crippen LogP contribution is 2.41. The number of anilines is 1. The Balaban J connectivity index is 2.39. The number of hydrogen-bond acceptors (Lipinski definition) is 2. The minimum Gasteiger partial charge on any atom is -0.368 e. The summed E-state index contributed by atoms with van der Waals surface area (Å²) in [6.45, 7) is 4.29. The van der Waals surface area contributed by atoms with E-state index >= 15 is 0 Å². The zero-order chi connectivity index (χ0) is 14.9. The summed E-state index contributed by atoms with van der Waals surface area (Å²) < 4.78 is 39.9. The minimum atomic E-state index is -4.33. The van der Waals surface area contributed by atoms with E-state index in [0.29, 0.717) is 24.2 Å². The molecule has 1 aliphatic rings. The van der Waals surface area contributed by atoms with Crippen LogP contribution in [0.25, 0.3) is 0 Å². The van der Waals surface area contributed by atoms with Gasteiger partial charge in [-0.05, 0) is 50.8 Å². The molecule has 5 heteroatoms. The molecular weight excluding hydrogens is 265 g/mol. The molecule has 1 fully saturated rings. The number of nitrogens with two attached hydrogens (primary N) is 1. The van der Waals surface area contributed by atoms with Gasteiger partial charge >= 0.3 is 6.18 Å². The van der Waals surface area contributed by atoms with Crippen molar-refractivity contribution in [2.75, 3.05) is 11.4 Å². The van der Waals surface area contributed by atoms with Gasteiger partial charge in [0.2, 0.25) is 0 Å². The van der Waals surface area contributed by atoms with E-state index in [0.717, 1.165) is 12.8 Å². The van der Waals surface area contributed by atoms with Crippen molar-refractivity contribution < 1.29 is 13.2 Å². The molecule has 0 saturated heterocycles. The molecule has 1 aliphatic carbocycles. The molecule has 0 aromatic heterocycles. The maximum atomic E-state index is 13.3. The topological polar surface area (TPSA) is 29.3 Å². The summed E-state index contributed by atoms with van der Waals surface area (Å²) in [6, 6.07) is 4.73. The Labute approximate surface area is 117 Å². The van der Waals surface area contributed by atoms with Gasteiger partial charge in [-0.25, -0.2) is 0 Å². The lowest BCUT2D eigenvalue weighted by Crippen LogP contribution is -2.28. The van der Waals surface area contributed by atoms with Crippen LogP contribution in [0, 0.1) is 0 Å². The van der Waals surface area contributed by atoms with E-state index in [9.17, 15) is 13.2 Å². The number of benzene rings is 1. The average molecular weight is 286 g/mol. The molecule has 1 unspecified atom stereocenters. The monoisotopic (exact) mass is 286 g/mol. The fourth-order valence-electron chi connectivity index (χ4n) is 2.57. The third kappa shape index (κ3) is 3.45. The molecule has 1 atom stereocenters. The van der Waals surface area contributed by atoms with Crippen molar-refractivity contribution in [2.45, 2.75) is 51.4 Å².